The second-order valence-corrected chi connectivity index (χ2v) is 10.0. The van der Waals surface area contributed by atoms with Crippen LogP contribution in [0.3, 0.4) is 0 Å². The van der Waals surface area contributed by atoms with Gasteiger partial charge >= 0.3 is 0 Å². The van der Waals surface area contributed by atoms with Crippen molar-refractivity contribution in [1.82, 2.24) is 0 Å². The summed E-state index contributed by atoms with van der Waals surface area (Å²) in [5.41, 5.74) is 7.58. The molecular weight excluding hydrogens is 278 g/mol. The molecule has 0 saturated heterocycles. The Morgan fingerprint density at radius 3 is 2.30 bits per heavy atom. The van der Waals surface area contributed by atoms with Gasteiger partial charge in [-0.25, -0.2) is 0 Å². The molecule has 2 fully saturated rings. The van der Waals surface area contributed by atoms with Gasteiger partial charge in [0.15, 0.2) is 0 Å². The smallest absolute Gasteiger partial charge is 0.0159 e. The zero-order chi connectivity index (χ0) is 17.3. The summed E-state index contributed by atoms with van der Waals surface area (Å²) in [6, 6.07) is 0. The Hall–Kier alpha value is -0.0400. The summed E-state index contributed by atoms with van der Waals surface area (Å²) in [5.74, 6) is 4.19. The average Bonchev–Trinajstić information content (AvgIpc) is 3.17. The van der Waals surface area contributed by atoms with Gasteiger partial charge in [0.2, 0.25) is 0 Å². The third-order valence-electron chi connectivity index (χ3n) is 7.60. The molecule has 0 amide bonds. The fraction of sp³-hybridized carbons (Fsp3) is 1.00. The van der Waals surface area contributed by atoms with Crippen molar-refractivity contribution in [3.8, 4) is 0 Å². The Balaban J connectivity index is 1.91. The molecule has 0 radical (unpaired) electrons. The topological polar surface area (TPSA) is 26.0 Å². The SMILES string of the molecule is CCCCC(C)(N)C1C(CCCC2(C)CCC2)C1C(C)C(C)C. The molecule has 0 spiro atoms. The molecular formula is C22H43N. The first kappa shape index (κ1) is 19.3. The van der Waals surface area contributed by atoms with Gasteiger partial charge in [-0.05, 0) is 74.0 Å². The van der Waals surface area contributed by atoms with E-state index >= 15 is 0 Å². The Morgan fingerprint density at radius 2 is 1.83 bits per heavy atom. The normalized spacial score (nSPS) is 33.1. The fourth-order valence-corrected chi connectivity index (χ4v) is 5.38. The van der Waals surface area contributed by atoms with E-state index in [9.17, 15) is 0 Å². The van der Waals surface area contributed by atoms with E-state index in [1.54, 1.807) is 0 Å². The highest BCUT2D eigenvalue weighted by atomic mass is 14.8. The third-order valence-corrected chi connectivity index (χ3v) is 7.60. The number of rotatable bonds is 10. The minimum atomic E-state index is 0.0643. The van der Waals surface area contributed by atoms with Crippen LogP contribution in [0.4, 0.5) is 0 Å². The van der Waals surface area contributed by atoms with E-state index in [2.05, 4.69) is 41.5 Å². The Kier molecular flexibility index (Phi) is 6.26. The van der Waals surface area contributed by atoms with E-state index < -0.39 is 0 Å². The molecule has 0 bridgehead atoms. The molecule has 5 unspecified atom stereocenters. The van der Waals surface area contributed by atoms with Crippen molar-refractivity contribution in [1.29, 1.82) is 0 Å². The molecule has 0 aromatic carbocycles. The fourth-order valence-electron chi connectivity index (χ4n) is 5.38. The Labute approximate surface area is 146 Å². The highest BCUT2D eigenvalue weighted by Crippen LogP contribution is 2.60. The minimum Gasteiger partial charge on any atom is -0.325 e. The first-order chi connectivity index (χ1) is 10.7. The first-order valence-corrected chi connectivity index (χ1v) is 10.5. The molecule has 23 heavy (non-hydrogen) atoms. The van der Waals surface area contributed by atoms with Crippen LogP contribution in [0.2, 0.25) is 0 Å². The van der Waals surface area contributed by atoms with Gasteiger partial charge in [-0.3, -0.25) is 0 Å². The number of hydrogen-bond donors (Lipinski definition) is 1. The highest BCUT2D eigenvalue weighted by molar-refractivity contribution is 5.10. The predicted octanol–water partition coefficient (Wildman–Crippen LogP) is 6.41. The lowest BCUT2D eigenvalue weighted by atomic mass is 9.67. The summed E-state index contributed by atoms with van der Waals surface area (Å²) in [7, 11) is 0. The lowest BCUT2D eigenvalue weighted by Gasteiger charge is -2.38. The molecule has 2 saturated carbocycles. The van der Waals surface area contributed by atoms with Crippen molar-refractivity contribution in [3.63, 3.8) is 0 Å². The summed E-state index contributed by atoms with van der Waals surface area (Å²) >= 11 is 0. The van der Waals surface area contributed by atoms with Gasteiger partial charge in [-0.2, -0.15) is 0 Å². The number of nitrogens with two attached hydrogens (primary N) is 1. The lowest BCUT2D eigenvalue weighted by Crippen LogP contribution is -2.40. The maximum absolute atomic E-state index is 6.82. The van der Waals surface area contributed by atoms with Crippen LogP contribution in [0.25, 0.3) is 0 Å². The van der Waals surface area contributed by atoms with Crippen molar-refractivity contribution < 1.29 is 0 Å². The van der Waals surface area contributed by atoms with E-state index in [1.165, 1.54) is 57.8 Å². The van der Waals surface area contributed by atoms with Crippen LogP contribution in [0.1, 0.15) is 99.3 Å². The van der Waals surface area contributed by atoms with Crippen LogP contribution in [0.15, 0.2) is 0 Å². The summed E-state index contributed by atoms with van der Waals surface area (Å²) < 4.78 is 0. The van der Waals surface area contributed by atoms with Crippen LogP contribution < -0.4 is 5.73 Å². The largest absolute Gasteiger partial charge is 0.325 e. The molecule has 0 aliphatic heterocycles. The maximum atomic E-state index is 6.82. The molecule has 2 aliphatic rings. The molecule has 2 rings (SSSR count). The van der Waals surface area contributed by atoms with Gasteiger partial charge in [-0.15, -0.1) is 0 Å². The van der Waals surface area contributed by atoms with Gasteiger partial charge in [0.25, 0.3) is 0 Å². The van der Waals surface area contributed by atoms with Crippen molar-refractivity contribution in [2.45, 2.75) is 105 Å². The second kappa shape index (κ2) is 7.46. The predicted molar refractivity (Wildman–Crippen MR) is 102 cm³/mol. The van der Waals surface area contributed by atoms with Crippen molar-refractivity contribution in [2.75, 3.05) is 0 Å². The minimum absolute atomic E-state index is 0.0643. The van der Waals surface area contributed by atoms with Gasteiger partial charge in [0, 0.05) is 5.54 Å². The number of unbranched alkanes of at least 4 members (excludes halogenated alkanes) is 1. The van der Waals surface area contributed by atoms with E-state index in [1.807, 2.05) is 0 Å². The van der Waals surface area contributed by atoms with Crippen LogP contribution in [0, 0.1) is 35.0 Å². The monoisotopic (exact) mass is 321 g/mol. The van der Waals surface area contributed by atoms with Crippen molar-refractivity contribution >= 4 is 0 Å². The van der Waals surface area contributed by atoms with Gasteiger partial charge in [0.05, 0.1) is 0 Å². The molecule has 0 heterocycles. The van der Waals surface area contributed by atoms with Crippen LogP contribution in [-0.4, -0.2) is 5.54 Å². The first-order valence-electron chi connectivity index (χ1n) is 10.5. The molecule has 136 valence electrons. The van der Waals surface area contributed by atoms with Crippen molar-refractivity contribution in [2.24, 2.45) is 40.7 Å². The summed E-state index contributed by atoms with van der Waals surface area (Å²) in [6.07, 6.45) is 12.5. The quantitative estimate of drug-likeness (QED) is 0.494. The molecule has 0 aromatic heterocycles. The highest BCUT2D eigenvalue weighted by Gasteiger charge is 2.58. The van der Waals surface area contributed by atoms with Crippen LogP contribution >= 0.6 is 0 Å². The van der Waals surface area contributed by atoms with Gasteiger partial charge in [0.1, 0.15) is 0 Å². The van der Waals surface area contributed by atoms with Gasteiger partial charge in [-0.1, -0.05) is 60.3 Å². The van der Waals surface area contributed by atoms with Crippen LogP contribution in [-0.2, 0) is 0 Å². The zero-order valence-corrected chi connectivity index (χ0v) is 16.8. The summed E-state index contributed by atoms with van der Waals surface area (Å²) in [6.45, 7) is 14.4. The number of hydrogen-bond acceptors (Lipinski definition) is 1. The molecule has 1 nitrogen and oxygen atoms in total. The zero-order valence-electron chi connectivity index (χ0n) is 16.8. The molecule has 2 N–H and O–H groups in total. The second-order valence-electron chi connectivity index (χ2n) is 10.0. The molecule has 5 atom stereocenters. The van der Waals surface area contributed by atoms with E-state index in [4.69, 9.17) is 5.73 Å². The summed E-state index contributed by atoms with van der Waals surface area (Å²) in [4.78, 5) is 0. The van der Waals surface area contributed by atoms with E-state index in [0.717, 1.165) is 29.6 Å². The molecule has 2 aliphatic carbocycles. The maximum Gasteiger partial charge on any atom is 0.0159 e. The Bertz CT molecular complexity index is 366. The standard InChI is InChI=1S/C22H43N/c1-7-8-15-22(6,23)20-18(19(20)17(4)16(2)3)11-9-12-21(5)13-10-14-21/h16-20H,7-15,23H2,1-6H3. The van der Waals surface area contributed by atoms with E-state index in [0.29, 0.717) is 5.41 Å². The molecule has 1 heteroatoms. The average molecular weight is 322 g/mol. The van der Waals surface area contributed by atoms with E-state index in [-0.39, 0.29) is 5.54 Å². The lowest BCUT2D eigenvalue weighted by molar-refractivity contribution is 0.140. The van der Waals surface area contributed by atoms with Crippen molar-refractivity contribution in [3.05, 3.63) is 0 Å². The van der Waals surface area contributed by atoms with Gasteiger partial charge < -0.3 is 5.73 Å². The molecule has 0 aromatic rings. The summed E-state index contributed by atoms with van der Waals surface area (Å²) in [5, 5.41) is 0. The van der Waals surface area contributed by atoms with Crippen LogP contribution in [0.5, 0.6) is 0 Å². The third kappa shape index (κ3) is 4.53. The Morgan fingerprint density at radius 1 is 1.17 bits per heavy atom.